The summed E-state index contributed by atoms with van der Waals surface area (Å²) in [5.74, 6) is -8.09. The lowest BCUT2D eigenvalue weighted by molar-refractivity contribution is -0.143. The molecule has 2 N–H and O–H groups in total. The van der Waals surface area contributed by atoms with Gasteiger partial charge >= 0.3 is 26.1 Å². The SMILES string of the molecule is Cc1cc(CC(=O)O)c(C(C)(C)CC(=O)N(Cc2nn(CC(F)(F)F)c3c(-c4ccc(C#CC(C)(C)S(C)(=O)=O)nc4[C@H](Cc4cc(F)cc(F)c4)NC(=O)Cn4nc(C(F)(F)F)c5c4C(F)(F)[C@@H]4C[C@H]54)ccc(Cl)c23)S(=O)[O-])c(OP(=O)(OC(C)C)OC(C)C)c1. The quantitative estimate of drug-likeness (QED) is 0.0262. The van der Waals surface area contributed by atoms with Crippen LogP contribution in [-0.2, 0) is 99.1 Å². The lowest BCUT2D eigenvalue weighted by Crippen LogP contribution is -2.37. The number of carbonyl (C=O) groups is 3. The van der Waals surface area contributed by atoms with Crippen molar-refractivity contribution in [1.82, 2.24) is 34.2 Å². The highest BCUT2D eigenvalue weighted by molar-refractivity contribution is 7.92. The third-order valence-corrected chi connectivity index (χ3v) is 19.7. The van der Waals surface area contributed by atoms with E-state index in [2.05, 4.69) is 32.3 Å². The zero-order chi connectivity index (χ0) is 68.5. The maximum atomic E-state index is 15.8. The van der Waals surface area contributed by atoms with E-state index in [0.29, 0.717) is 16.3 Å². The molecule has 2 aliphatic carbocycles. The molecule has 8 rings (SSSR count). The minimum absolute atomic E-state index is 0.0231. The van der Waals surface area contributed by atoms with Gasteiger partial charge in [-0.15, -0.1) is 0 Å². The van der Waals surface area contributed by atoms with Crippen LogP contribution in [0, 0.1) is 36.3 Å². The second kappa shape index (κ2) is 25.8. The Morgan fingerprint density at radius 3 is 2.13 bits per heavy atom. The van der Waals surface area contributed by atoms with Crippen LogP contribution in [-0.4, -0.2) is 98.3 Å². The van der Waals surface area contributed by atoms with Crippen LogP contribution in [0.25, 0.3) is 22.0 Å². The minimum atomic E-state index is -5.26. The summed E-state index contributed by atoms with van der Waals surface area (Å²) in [6.45, 7) is 8.47. The second-order valence-electron chi connectivity index (χ2n) is 24.1. The number of phosphoric acid groups is 1. The Morgan fingerprint density at radius 1 is 0.946 bits per heavy atom. The van der Waals surface area contributed by atoms with Gasteiger partial charge in [0, 0.05) is 57.7 Å². The number of pyridine rings is 1. The van der Waals surface area contributed by atoms with Crippen molar-refractivity contribution in [3.05, 3.63) is 128 Å². The summed E-state index contributed by atoms with van der Waals surface area (Å²) in [7, 11) is -8.52. The Bertz CT molecular complexity index is 4170. The molecule has 3 aromatic heterocycles. The van der Waals surface area contributed by atoms with Gasteiger partial charge in [-0.2, -0.15) is 45.3 Å². The Morgan fingerprint density at radius 2 is 1.57 bits per heavy atom. The van der Waals surface area contributed by atoms with Crippen LogP contribution in [0.4, 0.5) is 43.9 Å². The molecule has 3 heterocycles. The summed E-state index contributed by atoms with van der Waals surface area (Å²) in [5.41, 5.74) is -7.84. The number of hydrogen-bond donors (Lipinski definition) is 2. The number of fused-ring (bicyclic) bond motifs is 4. The first kappa shape index (κ1) is 70.9. The predicted octanol–water partition coefficient (Wildman–Crippen LogP) is 12.1. The van der Waals surface area contributed by atoms with Crippen LogP contribution in [0.5, 0.6) is 5.75 Å². The largest absolute Gasteiger partial charge is 0.755 e. The molecule has 3 aromatic carbocycles. The van der Waals surface area contributed by atoms with Gasteiger partial charge in [-0.05, 0) is 126 Å². The molecule has 4 atom stereocenters. The smallest absolute Gasteiger partial charge is 0.530 e. The number of alkyl halides is 8. The van der Waals surface area contributed by atoms with Gasteiger partial charge in [-0.1, -0.05) is 43.5 Å². The molecule has 0 spiro atoms. The average molecular weight is 1380 g/mol. The maximum Gasteiger partial charge on any atom is 0.530 e. The van der Waals surface area contributed by atoms with E-state index in [4.69, 9.17) is 25.2 Å². The zero-order valence-electron chi connectivity index (χ0n) is 50.6. The number of amides is 2. The van der Waals surface area contributed by atoms with Gasteiger partial charge in [0.2, 0.25) is 11.8 Å². The van der Waals surface area contributed by atoms with Gasteiger partial charge in [0.25, 0.3) is 5.92 Å². The number of carbonyl (C=O) groups excluding carboxylic acids is 2. The van der Waals surface area contributed by atoms with Crippen LogP contribution >= 0.6 is 19.4 Å². The summed E-state index contributed by atoms with van der Waals surface area (Å²) in [4.78, 5) is 46.0. The topological polar surface area (TPSA) is 254 Å². The van der Waals surface area contributed by atoms with E-state index in [-0.39, 0.29) is 54.7 Å². The Hall–Kier alpha value is -6.94. The molecule has 19 nitrogen and oxygen atoms in total. The summed E-state index contributed by atoms with van der Waals surface area (Å²) in [5, 5.41) is 19.2. The molecular weight excluding hydrogens is 1320 g/mol. The van der Waals surface area contributed by atoms with Crippen LogP contribution in [0.3, 0.4) is 0 Å². The Labute approximate surface area is 528 Å². The minimum Gasteiger partial charge on any atom is -0.755 e. The van der Waals surface area contributed by atoms with Crippen LogP contribution < -0.4 is 9.84 Å². The molecule has 0 bridgehead atoms. The summed E-state index contributed by atoms with van der Waals surface area (Å²) in [6, 6.07) is 7.61. The monoisotopic (exact) mass is 1380 g/mol. The van der Waals surface area contributed by atoms with Crippen molar-refractivity contribution < 1.29 is 98.7 Å². The molecule has 1 saturated carbocycles. The summed E-state index contributed by atoms with van der Waals surface area (Å²) < 4.78 is 232. The van der Waals surface area contributed by atoms with Crippen molar-refractivity contribution in [3.8, 4) is 28.7 Å². The molecular formula is C59H60ClF10N7O12PS2-. The molecule has 0 saturated heterocycles. The Kier molecular flexibility index (Phi) is 19.9. The lowest BCUT2D eigenvalue weighted by atomic mass is 9.77. The Balaban J connectivity index is 1.29. The molecule has 1 unspecified atom stereocenters. The predicted molar refractivity (Wildman–Crippen MR) is 313 cm³/mol. The highest BCUT2D eigenvalue weighted by Crippen LogP contribution is 2.68. The molecule has 1 fully saturated rings. The fourth-order valence-electron chi connectivity index (χ4n) is 11.0. The number of aromatic nitrogens is 5. The van der Waals surface area contributed by atoms with E-state index >= 15 is 17.6 Å². The summed E-state index contributed by atoms with van der Waals surface area (Å²) >= 11 is 3.23. The number of aryl methyl sites for hydroxylation is 1. The van der Waals surface area contributed by atoms with Crippen LogP contribution in [0.15, 0.2) is 54.6 Å². The van der Waals surface area contributed by atoms with Crippen molar-refractivity contribution in [1.29, 1.82) is 0 Å². The second-order valence-corrected chi connectivity index (χ2v) is 29.4. The first-order chi connectivity index (χ1) is 42.3. The van der Waals surface area contributed by atoms with E-state index in [1.165, 1.54) is 67.5 Å². The number of aliphatic carboxylic acids is 1. The molecule has 33 heteroatoms. The fourth-order valence-corrected chi connectivity index (χ4v) is 13.6. The number of nitrogens with zero attached hydrogens (tertiary/aromatic N) is 6. The molecule has 0 aliphatic heterocycles. The van der Waals surface area contributed by atoms with Gasteiger partial charge in [-0.25, -0.2) is 26.7 Å². The molecule has 2 amide bonds. The molecule has 0 radical (unpaired) electrons. The van der Waals surface area contributed by atoms with Crippen molar-refractivity contribution in [2.75, 3.05) is 6.26 Å². The van der Waals surface area contributed by atoms with Crippen molar-refractivity contribution in [3.63, 3.8) is 0 Å². The van der Waals surface area contributed by atoms with E-state index in [1.807, 2.05) is 0 Å². The van der Waals surface area contributed by atoms with E-state index in [9.17, 15) is 67.6 Å². The number of rotatable bonds is 23. The number of hydrogen-bond acceptors (Lipinski definition) is 14. The number of halogens is 11. The van der Waals surface area contributed by atoms with Gasteiger partial charge in [-0.3, -0.25) is 41.3 Å². The first-order valence-corrected chi connectivity index (χ1v) is 32.8. The number of carboxylic acids is 1. The summed E-state index contributed by atoms with van der Waals surface area (Å²) in [6.07, 6.45) is -13.7. The number of nitrogens with one attached hydrogen (secondary N) is 1. The van der Waals surface area contributed by atoms with Gasteiger partial charge < -0.3 is 19.5 Å². The lowest BCUT2D eigenvalue weighted by Gasteiger charge is -2.33. The van der Waals surface area contributed by atoms with Gasteiger partial charge in [0.15, 0.2) is 15.5 Å². The number of phosphoric ester groups is 1. The number of sulfone groups is 1. The van der Waals surface area contributed by atoms with E-state index in [1.54, 1.807) is 6.92 Å². The van der Waals surface area contributed by atoms with E-state index < -0.39 is 200 Å². The fraction of sp³-hybridized carbons (Fsp3) is 0.458. The number of benzene rings is 3. The normalized spacial score (nSPS) is 16.5. The molecule has 498 valence electrons. The van der Waals surface area contributed by atoms with Crippen LogP contribution in [0.1, 0.15) is 136 Å². The third kappa shape index (κ3) is 15.6. The van der Waals surface area contributed by atoms with Crippen molar-refractivity contribution in [2.24, 2.45) is 5.92 Å². The van der Waals surface area contributed by atoms with Crippen LogP contribution in [0.2, 0.25) is 5.02 Å². The van der Waals surface area contributed by atoms with Crippen molar-refractivity contribution >= 4 is 69.2 Å². The van der Waals surface area contributed by atoms with Crippen molar-refractivity contribution in [2.45, 2.75) is 160 Å². The zero-order valence-corrected chi connectivity index (χ0v) is 53.9. The van der Waals surface area contributed by atoms with Gasteiger partial charge in [0.1, 0.15) is 46.6 Å². The number of carboxylic acid groups (broad SMARTS) is 1. The van der Waals surface area contributed by atoms with E-state index in [0.717, 1.165) is 42.7 Å². The standard InChI is InChI=1S/C59H61ClF10N7O12PS2/c1-29(2)87-90(82,88-30(3)4)89-44-18-31(5)17-33(22-47(80)81)50(44)55(6,7)25-46(79)77(91(83)84)26-43-49-41(60)14-13-38(52(49)76(73-43)28-57(63,64)65)37-12-11-36(15-16-56(8,9)92(10,85)86)71-51(37)42(21-32-19-34(61)23-35(62)20-32)72-45(78)27-75-54-48(53(74-75)59(68,69)70)39-24-40(39)58(54,66)67/h11-14,17-20,23,29-30,39-40,42H,21-22,24-28H2,1-10H3,(H,72,78)(H,80,81)(H,83,84)/p-1/t39-,40+,42-/m0/s1. The highest BCUT2D eigenvalue weighted by Gasteiger charge is 2.68. The average Bonchev–Trinajstić information content (AvgIpc) is 1.52. The van der Waals surface area contributed by atoms with Gasteiger partial charge in [0.05, 0.1) is 64.4 Å². The molecule has 92 heavy (non-hydrogen) atoms. The first-order valence-electron chi connectivity index (χ1n) is 28.0. The molecule has 2 aliphatic rings. The molecule has 6 aromatic rings. The maximum absolute atomic E-state index is 15.8. The highest BCUT2D eigenvalue weighted by atomic mass is 35.5. The third-order valence-electron chi connectivity index (χ3n) is 15.0.